The molecule has 0 bridgehead atoms. The second kappa shape index (κ2) is 6.13. The molecule has 2 aromatic rings. The fraction of sp³-hybridized carbons (Fsp3) is 0.200. The number of rotatable bonds is 5. The Labute approximate surface area is 123 Å². The quantitative estimate of drug-likeness (QED) is 0.923. The van der Waals surface area contributed by atoms with Crippen molar-refractivity contribution in [3.63, 3.8) is 0 Å². The summed E-state index contributed by atoms with van der Waals surface area (Å²) >= 11 is 0. The average Bonchev–Trinajstić information content (AvgIpc) is 2.47. The maximum Gasteiger partial charge on any atom is 0.265 e. The minimum absolute atomic E-state index is 0.0917. The lowest BCUT2D eigenvalue weighted by molar-refractivity contribution is 0.401. The summed E-state index contributed by atoms with van der Waals surface area (Å²) < 4.78 is 45.4. The van der Waals surface area contributed by atoms with Crippen LogP contribution in [0, 0.1) is 5.82 Å². The van der Waals surface area contributed by atoms with Crippen LogP contribution in [0.5, 0.6) is 5.75 Å². The van der Waals surface area contributed by atoms with E-state index in [0.29, 0.717) is 5.69 Å². The Bertz CT molecular complexity index is 727. The number of hydrogen-bond acceptors (Lipinski definition) is 3. The van der Waals surface area contributed by atoms with Crippen molar-refractivity contribution in [2.75, 3.05) is 11.8 Å². The molecule has 1 N–H and O–H groups in total. The number of methoxy groups -OCH3 is 1. The van der Waals surface area contributed by atoms with Gasteiger partial charge in [-0.05, 0) is 42.3 Å². The minimum Gasteiger partial charge on any atom is -0.495 e. The highest BCUT2D eigenvalue weighted by atomic mass is 32.2. The molecule has 0 unspecified atom stereocenters. The molecule has 0 saturated heterocycles. The van der Waals surface area contributed by atoms with Crippen molar-refractivity contribution in [2.24, 2.45) is 0 Å². The molecule has 0 fully saturated rings. The van der Waals surface area contributed by atoms with Crippen LogP contribution in [0.15, 0.2) is 47.4 Å². The summed E-state index contributed by atoms with van der Waals surface area (Å²) in [5.41, 5.74) is 1.51. The first-order valence-corrected chi connectivity index (χ1v) is 7.90. The Hall–Kier alpha value is -2.08. The van der Waals surface area contributed by atoms with Gasteiger partial charge in [-0.3, -0.25) is 4.72 Å². The molecule has 0 aromatic heterocycles. The zero-order valence-electron chi connectivity index (χ0n) is 11.8. The average molecular weight is 309 g/mol. The Morgan fingerprint density at radius 3 is 2.38 bits per heavy atom. The standard InChI is InChI=1S/C15H16FNO3S/c1-3-11-4-7-13(8-5-11)17-21(18,19)15-10-12(16)6-9-14(15)20-2/h4-10,17H,3H2,1-2H3. The molecule has 0 heterocycles. The topological polar surface area (TPSA) is 55.4 Å². The van der Waals surface area contributed by atoms with Crippen LogP contribution in [0.3, 0.4) is 0 Å². The van der Waals surface area contributed by atoms with Crippen LogP contribution in [-0.4, -0.2) is 15.5 Å². The van der Waals surface area contributed by atoms with Crippen molar-refractivity contribution >= 4 is 15.7 Å². The summed E-state index contributed by atoms with van der Waals surface area (Å²) in [5.74, 6) is -0.549. The Morgan fingerprint density at radius 2 is 1.81 bits per heavy atom. The van der Waals surface area contributed by atoms with Crippen LogP contribution >= 0.6 is 0 Å². The fourth-order valence-electron chi connectivity index (χ4n) is 1.88. The fourth-order valence-corrected chi connectivity index (χ4v) is 3.12. The van der Waals surface area contributed by atoms with Gasteiger partial charge in [0.05, 0.1) is 7.11 Å². The van der Waals surface area contributed by atoms with Crippen molar-refractivity contribution in [3.05, 3.63) is 53.8 Å². The van der Waals surface area contributed by atoms with Gasteiger partial charge in [0.25, 0.3) is 10.0 Å². The first kappa shape index (κ1) is 15.3. The van der Waals surface area contributed by atoms with E-state index in [2.05, 4.69) is 4.72 Å². The van der Waals surface area contributed by atoms with E-state index in [1.165, 1.54) is 13.2 Å². The molecule has 0 aliphatic carbocycles. The van der Waals surface area contributed by atoms with E-state index < -0.39 is 15.8 Å². The van der Waals surface area contributed by atoms with Gasteiger partial charge < -0.3 is 4.74 Å². The van der Waals surface area contributed by atoms with Gasteiger partial charge in [0, 0.05) is 5.69 Å². The van der Waals surface area contributed by atoms with Crippen molar-refractivity contribution in [1.29, 1.82) is 0 Å². The van der Waals surface area contributed by atoms with Crippen LogP contribution < -0.4 is 9.46 Å². The largest absolute Gasteiger partial charge is 0.495 e. The lowest BCUT2D eigenvalue weighted by atomic mass is 10.2. The predicted molar refractivity (Wildman–Crippen MR) is 79.6 cm³/mol. The van der Waals surface area contributed by atoms with Gasteiger partial charge in [0.2, 0.25) is 0 Å². The van der Waals surface area contributed by atoms with E-state index in [0.717, 1.165) is 24.1 Å². The van der Waals surface area contributed by atoms with Crippen molar-refractivity contribution in [3.8, 4) is 5.75 Å². The SMILES string of the molecule is CCc1ccc(NS(=O)(=O)c2cc(F)ccc2OC)cc1. The monoisotopic (exact) mass is 309 g/mol. The highest BCUT2D eigenvalue weighted by Crippen LogP contribution is 2.26. The maximum atomic E-state index is 13.3. The van der Waals surface area contributed by atoms with E-state index in [4.69, 9.17) is 4.74 Å². The summed E-state index contributed by atoms with van der Waals surface area (Å²) in [4.78, 5) is -0.232. The molecule has 112 valence electrons. The molecule has 0 spiro atoms. The first-order valence-electron chi connectivity index (χ1n) is 6.41. The summed E-state index contributed by atoms with van der Waals surface area (Å²) in [5, 5.41) is 0. The van der Waals surface area contributed by atoms with E-state index in [9.17, 15) is 12.8 Å². The number of nitrogens with one attached hydrogen (secondary N) is 1. The molecular weight excluding hydrogens is 293 g/mol. The van der Waals surface area contributed by atoms with Crippen LogP contribution in [0.2, 0.25) is 0 Å². The van der Waals surface area contributed by atoms with Gasteiger partial charge >= 0.3 is 0 Å². The van der Waals surface area contributed by atoms with Gasteiger partial charge in [-0.1, -0.05) is 19.1 Å². The van der Waals surface area contributed by atoms with Gasteiger partial charge in [0.1, 0.15) is 16.5 Å². The zero-order chi connectivity index (χ0) is 15.5. The molecular formula is C15H16FNO3S. The number of sulfonamides is 1. The predicted octanol–water partition coefficient (Wildman–Crippen LogP) is 3.20. The maximum absolute atomic E-state index is 13.3. The lowest BCUT2D eigenvalue weighted by Crippen LogP contribution is -2.14. The molecule has 0 atom stereocenters. The molecule has 0 saturated carbocycles. The number of benzene rings is 2. The number of ether oxygens (including phenoxy) is 1. The van der Waals surface area contributed by atoms with Crippen molar-refractivity contribution in [2.45, 2.75) is 18.2 Å². The first-order chi connectivity index (χ1) is 9.96. The van der Waals surface area contributed by atoms with Gasteiger partial charge in [-0.25, -0.2) is 12.8 Å². The molecule has 21 heavy (non-hydrogen) atoms. The van der Waals surface area contributed by atoms with E-state index in [1.807, 2.05) is 19.1 Å². The molecule has 0 aliphatic rings. The van der Waals surface area contributed by atoms with Crippen LogP contribution in [-0.2, 0) is 16.4 Å². The second-order valence-corrected chi connectivity index (χ2v) is 6.10. The van der Waals surface area contributed by atoms with E-state index in [-0.39, 0.29) is 10.6 Å². The molecule has 2 aromatic carbocycles. The van der Waals surface area contributed by atoms with Gasteiger partial charge in [0.15, 0.2) is 0 Å². The van der Waals surface area contributed by atoms with Crippen LogP contribution in [0.1, 0.15) is 12.5 Å². The highest BCUT2D eigenvalue weighted by molar-refractivity contribution is 7.92. The van der Waals surface area contributed by atoms with Crippen molar-refractivity contribution < 1.29 is 17.5 Å². The van der Waals surface area contributed by atoms with E-state index in [1.54, 1.807) is 12.1 Å². The summed E-state index contributed by atoms with van der Waals surface area (Å²) in [6.07, 6.45) is 0.866. The smallest absolute Gasteiger partial charge is 0.265 e. The summed E-state index contributed by atoms with van der Waals surface area (Å²) in [7, 11) is -2.58. The second-order valence-electron chi connectivity index (χ2n) is 4.45. The number of anilines is 1. The molecule has 2 rings (SSSR count). The molecule has 0 amide bonds. The van der Waals surface area contributed by atoms with E-state index >= 15 is 0 Å². The third-order valence-electron chi connectivity index (χ3n) is 3.03. The highest BCUT2D eigenvalue weighted by Gasteiger charge is 2.20. The zero-order valence-corrected chi connectivity index (χ0v) is 12.6. The van der Waals surface area contributed by atoms with Crippen molar-refractivity contribution in [1.82, 2.24) is 0 Å². The van der Waals surface area contributed by atoms with Crippen LogP contribution in [0.25, 0.3) is 0 Å². The Balaban J connectivity index is 2.35. The molecule has 4 nitrogen and oxygen atoms in total. The molecule has 0 radical (unpaired) electrons. The Morgan fingerprint density at radius 1 is 1.14 bits per heavy atom. The third-order valence-corrected chi connectivity index (χ3v) is 4.43. The summed E-state index contributed by atoms with van der Waals surface area (Å²) in [6.45, 7) is 2.01. The van der Waals surface area contributed by atoms with Gasteiger partial charge in [-0.2, -0.15) is 0 Å². The number of hydrogen-bond donors (Lipinski definition) is 1. The molecule has 0 aliphatic heterocycles. The summed E-state index contributed by atoms with van der Waals surface area (Å²) in [6, 6.07) is 10.4. The number of halogens is 1. The lowest BCUT2D eigenvalue weighted by Gasteiger charge is -2.12. The third kappa shape index (κ3) is 3.52. The van der Waals surface area contributed by atoms with Gasteiger partial charge in [-0.15, -0.1) is 0 Å². The van der Waals surface area contributed by atoms with Crippen LogP contribution in [0.4, 0.5) is 10.1 Å². The minimum atomic E-state index is -3.91. The number of aryl methyl sites for hydroxylation is 1. The molecule has 6 heteroatoms. The normalized spacial score (nSPS) is 11.2. The Kier molecular flexibility index (Phi) is 4.47.